The van der Waals surface area contributed by atoms with Crippen LogP contribution in [0.15, 0.2) is 47.8 Å². The van der Waals surface area contributed by atoms with Crippen molar-refractivity contribution >= 4 is 17.4 Å². The molecular weight excluding hydrogens is 312 g/mol. The lowest BCUT2D eigenvalue weighted by Crippen LogP contribution is -2.43. The number of likely N-dealkylation sites (tertiary alicyclic amines) is 1. The average molecular weight is 330 g/mol. The molecule has 2 aromatic rings. The van der Waals surface area contributed by atoms with Crippen LogP contribution in [0.4, 0.5) is 4.79 Å². The highest BCUT2D eigenvalue weighted by molar-refractivity contribution is 7.10. The van der Waals surface area contributed by atoms with Crippen LogP contribution in [0.2, 0.25) is 0 Å². The van der Waals surface area contributed by atoms with Gasteiger partial charge in [-0.15, -0.1) is 11.3 Å². The number of amides is 1. The monoisotopic (exact) mass is 330 g/mol. The smallest absolute Gasteiger partial charge is 0.410 e. The second kappa shape index (κ2) is 5.96. The first-order chi connectivity index (χ1) is 11.3. The third-order valence-corrected chi connectivity index (χ3v) is 5.59. The van der Waals surface area contributed by atoms with Crippen molar-refractivity contribution in [3.8, 4) is 0 Å². The van der Waals surface area contributed by atoms with E-state index < -0.39 is 0 Å². The molecule has 0 saturated carbocycles. The van der Waals surface area contributed by atoms with E-state index in [2.05, 4.69) is 16.9 Å². The van der Waals surface area contributed by atoms with E-state index in [9.17, 15) is 4.79 Å². The molecule has 2 saturated heterocycles. The molecule has 0 unspecified atom stereocenters. The fourth-order valence-electron chi connectivity index (χ4n) is 3.31. The molecule has 120 valence electrons. The van der Waals surface area contributed by atoms with Crippen LogP contribution in [0.5, 0.6) is 0 Å². The second-order valence-electron chi connectivity index (χ2n) is 5.98. The standard InChI is InChI=1S/C17H18N2O3S/c20-16(21-10-13-5-2-1-3-6-13)19-9-14-11-22-18-17(14,12-19)15-7-4-8-23-15/h1-8,14,18H,9-12H2/t14-,17+/m1/s1. The van der Waals surface area contributed by atoms with Gasteiger partial charge in [0.05, 0.1) is 6.61 Å². The van der Waals surface area contributed by atoms with Gasteiger partial charge in [0.2, 0.25) is 0 Å². The molecule has 2 aliphatic heterocycles. The maximum absolute atomic E-state index is 12.4. The van der Waals surface area contributed by atoms with Crippen LogP contribution in [-0.4, -0.2) is 30.7 Å². The number of hydroxylamine groups is 1. The van der Waals surface area contributed by atoms with Gasteiger partial charge in [0, 0.05) is 23.9 Å². The molecule has 1 aromatic carbocycles. The van der Waals surface area contributed by atoms with Gasteiger partial charge in [-0.1, -0.05) is 36.4 Å². The van der Waals surface area contributed by atoms with Crippen molar-refractivity contribution in [3.05, 3.63) is 58.3 Å². The Balaban J connectivity index is 1.44. The molecule has 0 radical (unpaired) electrons. The minimum absolute atomic E-state index is 0.255. The largest absolute Gasteiger partial charge is 0.445 e. The van der Waals surface area contributed by atoms with E-state index in [0.29, 0.717) is 26.3 Å². The number of carbonyl (C=O) groups is 1. The van der Waals surface area contributed by atoms with Crippen molar-refractivity contribution in [1.29, 1.82) is 0 Å². The van der Waals surface area contributed by atoms with Gasteiger partial charge in [0.15, 0.2) is 0 Å². The SMILES string of the molecule is O=C(OCc1ccccc1)N1C[C@@H]2CON[C@@]2(c2cccs2)C1. The molecule has 4 rings (SSSR count). The molecule has 1 amide bonds. The number of fused-ring (bicyclic) bond motifs is 1. The Kier molecular flexibility index (Phi) is 3.80. The van der Waals surface area contributed by atoms with Crippen molar-refractivity contribution in [2.45, 2.75) is 12.1 Å². The van der Waals surface area contributed by atoms with Gasteiger partial charge in [-0.3, -0.25) is 0 Å². The van der Waals surface area contributed by atoms with Gasteiger partial charge >= 0.3 is 6.09 Å². The highest BCUT2D eigenvalue weighted by Crippen LogP contribution is 2.42. The fraction of sp³-hybridized carbons (Fsp3) is 0.353. The van der Waals surface area contributed by atoms with E-state index in [0.717, 1.165) is 5.56 Å². The van der Waals surface area contributed by atoms with E-state index >= 15 is 0 Å². The van der Waals surface area contributed by atoms with Crippen LogP contribution in [0.3, 0.4) is 0 Å². The van der Waals surface area contributed by atoms with E-state index in [4.69, 9.17) is 9.57 Å². The van der Waals surface area contributed by atoms with Gasteiger partial charge < -0.3 is 14.5 Å². The Bertz CT molecular complexity index is 676. The minimum Gasteiger partial charge on any atom is -0.445 e. The van der Waals surface area contributed by atoms with Crippen LogP contribution in [0.25, 0.3) is 0 Å². The number of ether oxygens (including phenoxy) is 1. The normalized spacial score (nSPS) is 26.3. The van der Waals surface area contributed by atoms with Crippen molar-refractivity contribution in [2.75, 3.05) is 19.7 Å². The number of thiophene rings is 1. The molecule has 0 bridgehead atoms. The van der Waals surface area contributed by atoms with Crippen LogP contribution in [-0.2, 0) is 21.7 Å². The van der Waals surface area contributed by atoms with Crippen LogP contribution in [0, 0.1) is 5.92 Å². The predicted octanol–water partition coefficient (Wildman–Crippen LogP) is 2.75. The van der Waals surface area contributed by atoms with Crippen molar-refractivity contribution in [1.82, 2.24) is 10.4 Å². The summed E-state index contributed by atoms with van der Waals surface area (Å²) in [4.78, 5) is 20.9. The third-order valence-electron chi connectivity index (χ3n) is 4.54. The number of benzene rings is 1. The summed E-state index contributed by atoms with van der Waals surface area (Å²) < 4.78 is 5.46. The molecule has 1 N–H and O–H groups in total. The van der Waals surface area contributed by atoms with E-state index in [1.54, 1.807) is 16.2 Å². The molecule has 2 atom stereocenters. The molecule has 1 aromatic heterocycles. The Hall–Kier alpha value is -1.89. The van der Waals surface area contributed by atoms with Crippen molar-refractivity contribution in [3.63, 3.8) is 0 Å². The molecule has 0 spiro atoms. The first-order valence-corrected chi connectivity index (χ1v) is 8.54. The van der Waals surface area contributed by atoms with Crippen molar-refractivity contribution < 1.29 is 14.4 Å². The summed E-state index contributed by atoms with van der Waals surface area (Å²) in [7, 11) is 0. The zero-order valence-electron chi connectivity index (χ0n) is 12.6. The first kappa shape index (κ1) is 14.7. The quantitative estimate of drug-likeness (QED) is 0.940. The fourth-order valence-corrected chi connectivity index (χ4v) is 4.25. The Morgan fingerprint density at radius 3 is 3.00 bits per heavy atom. The molecular formula is C17H18N2O3S. The summed E-state index contributed by atoms with van der Waals surface area (Å²) in [5.41, 5.74) is 3.86. The topological polar surface area (TPSA) is 50.8 Å². The van der Waals surface area contributed by atoms with Gasteiger partial charge in [0.25, 0.3) is 0 Å². The summed E-state index contributed by atoms with van der Waals surface area (Å²) in [5, 5.41) is 2.05. The van der Waals surface area contributed by atoms with Gasteiger partial charge in [0.1, 0.15) is 12.1 Å². The molecule has 5 nitrogen and oxygen atoms in total. The molecule has 2 aliphatic rings. The summed E-state index contributed by atoms with van der Waals surface area (Å²) in [6.07, 6.45) is -0.263. The van der Waals surface area contributed by atoms with Crippen LogP contribution < -0.4 is 5.48 Å². The summed E-state index contributed by atoms with van der Waals surface area (Å²) in [6.45, 7) is 2.14. The molecule has 0 aliphatic carbocycles. The highest BCUT2D eigenvalue weighted by atomic mass is 32.1. The van der Waals surface area contributed by atoms with Gasteiger partial charge in [-0.25, -0.2) is 4.79 Å². The number of nitrogens with zero attached hydrogens (tertiary/aromatic N) is 1. The lowest BCUT2D eigenvalue weighted by atomic mass is 9.88. The van der Waals surface area contributed by atoms with Gasteiger partial charge in [-0.2, -0.15) is 5.48 Å². The zero-order chi connectivity index (χ0) is 15.7. The number of rotatable bonds is 3. The predicted molar refractivity (Wildman–Crippen MR) is 86.8 cm³/mol. The molecule has 6 heteroatoms. The molecule has 3 heterocycles. The maximum Gasteiger partial charge on any atom is 0.410 e. The Labute approximate surface area is 138 Å². The molecule has 2 fully saturated rings. The Morgan fingerprint density at radius 1 is 1.35 bits per heavy atom. The summed E-state index contributed by atoms with van der Waals surface area (Å²) in [6, 6.07) is 13.9. The second-order valence-corrected chi connectivity index (χ2v) is 6.93. The van der Waals surface area contributed by atoms with Crippen LogP contribution >= 0.6 is 11.3 Å². The number of hydrogen-bond donors (Lipinski definition) is 1. The van der Waals surface area contributed by atoms with E-state index in [-0.39, 0.29) is 17.6 Å². The average Bonchev–Trinajstić information content (AvgIpc) is 3.28. The first-order valence-electron chi connectivity index (χ1n) is 7.66. The maximum atomic E-state index is 12.4. The summed E-state index contributed by atoms with van der Waals surface area (Å²) >= 11 is 1.69. The third kappa shape index (κ3) is 2.63. The van der Waals surface area contributed by atoms with Crippen LogP contribution in [0.1, 0.15) is 10.4 Å². The van der Waals surface area contributed by atoms with E-state index in [1.165, 1.54) is 4.88 Å². The minimum atomic E-state index is -0.292. The number of hydrogen-bond acceptors (Lipinski definition) is 5. The molecule has 23 heavy (non-hydrogen) atoms. The van der Waals surface area contributed by atoms with Gasteiger partial charge in [-0.05, 0) is 17.0 Å². The number of carbonyl (C=O) groups excluding carboxylic acids is 1. The number of nitrogens with one attached hydrogen (secondary N) is 1. The van der Waals surface area contributed by atoms with E-state index in [1.807, 2.05) is 36.4 Å². The lowest BCUT2D eigenvalue weighted by molar-refractivity contribution is 0.0434. The van der Waals surface area contributed by atoms with Crippen molar-refractivity contribution in [2.24, 2.45) is 5.92 Å². The lowest BCUT2D eigenvalue weighted by Gasteiger charge is -2.26. The Morgan fingerprint density at radius 2 is 2.22 bits per heavy atom. The highest BCUT2D eigenvalue weighted by Gasteiger charge is 2.54. The zero-order valence-corrected chi connectivity index (χ0v) is 13.4. The summed E-state index contributed by atoms with van der Waals surface area (Å²) in [5.74, 6) is 0.255.